The lowest BCUT2D eigenvalue weighted by molar-refractivity contribution is -0.137. The molecule has 170 valence electrons. The Kier molecular flexibility index (Phi) is 6.94. The van der Waals surface area contributed by atoms with Gasteiger partial charge in [-0.15, -0.1) is 0 Å². The number of likely N-dealkylation sites (tertiary alicyclic amines) is 1. The van der Waals surface area contributed by atoms with Crippen molar-refractivity contribution in [2.45, 2.75) is 25.9 Å². The van der Waals surface area contributed by atoms with E-state index in [1.807, 2.05) is 0 Å². The van der Waals surface area contributed by atoms with E-state index in [1.54, 1.807) is 41.1 Å². The zero-order valence-corrected chi connectivity index (χ0v) is 18.1. The molecule has 2 fully saturated rings. The summed E-state index contributed by atoms with van der Waals surface area (Å²) in [5.41, 5.74) is 0.341. The summed E-state index contributed by atoms with van der Waals surface area (Å²) >= 11 is 0. The second-order valence-corrected chi connectivity index (χ2v) is 8.10. The van der Waals surface area contributed by atoms with Crippen LogP contribution in [0, 0.1) is 18.7 Å². The van der Waals surface area contributed by atoms with Gasteiger partial charge in [0.05, 0.1) is 13.2 Å². The van der Waals surface area contributed by atoms with Gasteiger partial charge in [0.2, 0.25) is 5.91 Å². The molecule has 0 aliphatic carbocycles. The number of benzene rings is 1. The first-order chi connectivity index (χ1) is 15.5. The van der Waals surface area contributed by atoms with Gasteiger partial charge < -0.3 is 19.3 Å². The molecule has 2 saturated heterocycles. The third-order valence-electron chi connectivity index (χ3n) is 5.85. The summed E-state index contributed by atoms with van der Waals surface area (Å²) in [7, 11) is 0. The Morgan fingerprint density at radius 1 is 1.12 bits per heavy atom. The third-order valence-corrected chi connectivity index (χ3v) is 5.85. The van der Waals surface area contributed by atoms with Gasteiger partial charge in [-0.2, -0.15) is 0 Å². The van der Waals surface area contributed by atoms with Gasteiger partial charge in [-0.25, -0.2) is 14.4 Å². The van der Waals surface area contributed by atoms with E-state index >= 15 is 0 Å². The summed E-state index contributed by atoms with van der Waals surface area (Å²) in [4.78, 5) is 37.8. The molecular weight excluding hydrogens is 415 g/mol. The number of morpholine rings is 1. The fourth-order valence-corrected chi connectivity index (χ4v) is 4.14. The third kappa shape index (κ3) is 5.40. The van der Waals surface area contributed by atoms with Crippen molar-refractivity contribution in [2.24, 2.45) is 5.92 Å². The first kappa shape index (κ1) is 22.1. The minimum Gasteiger partial charge on any atom is -0.490 e. The largest absolute Gasteiger partial charge is 0.490 e. The van der Waals surface area contributed by atoms with E-state index in [0.29, 0.717) is 63.1 Å². The number of piperidine rings is 1. The van der Waals surface area contributed by atoms with E-state index in [4.69, 9.17) is 9.47 Å². The van der Waals surface area contributed by atoms with E-state index in [2.05, 4.69) is 9.97 Å². The van der Waals surface area contributed by atoms with Crippen molar-refractivity contribution in [3.63, 3.8) is 0 Å². The van der Waals surface area contributed by atoms with E-state index in [0.717, 1.165) is 0 Å². The molecule has 0 bridgehead atoms. The number of hydrogen-bond acceptors (Lipinski definition) is 6. The number of carbonyl (C=O) groups is 2. The van der Waals surface area contributed by atoms with Crippen LogP contribution in [0.4, 0.5) is 4.39 Å². The summed E-state index contributed by atoms with van der Waals surface area (Å²) in [5.74, 6) is 0.390. The van der Waals surface area contributed by atoms with Crippen LogP contribution in [0.1, 0.15) is 29.2 Å². The molecule has 8 nitrogen and oxygen atoms in total. The maximum absolute atomic E-state index is 13.3. The zero-order chi connectivity index (χ0) is 22.5. The van der Waals surface area contributed by atoms with Crippen LogP contribution in [0.25, 0.3) is 0 Å². The van der Waals surface area contributed by atoms with Crippen molar-refractivity contribution < 1.29 is 23.5 Å². The topological polar surface area (TPSA) is 84.9 Å². The molecule has 1 aromatic carbocycles. The summed E-state index contributed by atoms with van der Waals surface area (Å²) in [6.45, 7) is 4.80. The van der Waals surface area contributed by atoms with E-state index in [9.17, 15) is 14.0 Å². The standard InChI is InChI=1S/C23H27FN4O4/c1-16-25-8-6-20(26-16)23(30)28-9-7-21(32-19-4-2-18(24)3-5-19)17(15-28)14-22(29)27-10-12-31-13-11-27/h2-6,8,17,21H,7,9-15H2,1H3/t17-,21-/m0/s1. The van der Waals surface area contributed by atoms with Gasteiger partial charge in [-0.05, 0) is 37.3 Å². The van der Waals surface area contributed by atoms with Gasteiger partial charge in [0.1, 0.15) is 29.2 Å². The Bertz CT molecular complexity index is 949. The first-order valence-electron chi connectivity index (χ1n) is 10.9. The van der Waals surface area contributed by atoms with Crippen molar-refractivity contribution in [1.29, 1.82) is 0 Å². The van der Waals surface area contributed by atoms with Crippen LogP contribution >= 0.6 is 0 Å². The lowest BCUT2D eigenvalue weighted by atomic mass is 9.90. The average Bonchev–Trinajstić information content (AvgIpc) is 2.81. The Morgan fingerprint density at radius 3 is 2.59 bits per heavy atom. The molecule has 1 aromatic heterocycles. The molecule has 0 saturated carbocycles. The lowest BCUT2D eigenvalue weighted by Crippen LogP contribution is -2.50. The van der Waals surface area contributed by atoms with Gasteiger partial charge >= 0.3 is 0 Å². The van der Waals surface area contributed by atoms with Crippen LogP contribution in [0.15, 0.2) is 36.5 Å². The number of rotatable bonds is 5. The molecule has 2 aliphatic heterocycles. The second-order valence-electron chi connectivity index (χ2n) is 8.10. The lowest BCUT2D eigenvalue weighted by Gasteiger charge is -2.39. The first-order valence-corrected chi connectivity index (χ1v) is 10.9. The van der Waals surface area contributed by atoms with Crippen LogP contribution in [-0.2, 0) is 9.53 Å². The Hall–Kier alpha value is -3.07. The molecule has 2 aromatic rings. The number of ether oxygens (including phenoxy) is 2. The molecule has 9 heteroatoms. The Morgan fingerprint density at radius 2 is 1.88 bits per heavy atom. The summed E-state index contributed by atoms with van der Waals surface area (Å²) in [6.07, 6.45) is 2.13. The number of aromatic nitrogens is 2. The minimum atomic E-state index is -0.336. The quantitative estimate of drug-likeness (QED) is 0.705. The highest BCUT2D eigenvalue weighted by Gasteiger charge is 2.36. The van der Waals surface area contributed by atoms with E-state index < -0.39 is 0 Å². The van der Waals surface area contributed by atoms with Crippen LogP contribution < -0.4 is 4.74 Å². The smallest absolute Gasteiger partial charge is 0.272 e. The summed E-state index contributed by atoms with van der Waals surface area (Å²) in [5, 5.41) is 0. The predicted molar refractivity (Wildman–Crippen MR) is 114 cm³/mol. The number of nitrogens with zero attached hydrogens (tertiary/aromatic N) is 4. The molecule has 3 heterocycles. The highest BCUT2D eigenvalue weighted by atomic mass is 19.1. The fraction of sp³-hybridized carbons (Fsp3) is 0.478. The van der Waals surface area contributed by atoms with Crippen molar-refractivity contribution >= 4 is 11.8 Å². The number of aryl methyl sites for hydroxylation is 1. The zero-order valence-electron chi connectivity index (χ0n) is 18.1. The number of carbonyl (C=O) groups excluding carboxylic acids is 2. The van der Waals surface area contributed by atoms with Gasteiger partial charge in [0, 0.05) is 51.1 Å². The summed E-state index contributed by atoms with van der Waals surface area (Å²) in [6, 6.07) is 7.46. The molecule has 0 radical (unpaired) electrons. The molecule has 0 unspecified atom stereocenters. The van der Waals surface area contributed by atoms with Crippen molar-refractivity contribution in [1.82, 2.24) is 19.8 Å². The van der Waals surface area contributed by atoms with Gasteiger partial charge in [0.15, 0.2) is 0 Å². The molecule has 2 aliphatic rings. The molecule has 0 N–H and O–H groups in total. The second kappa shape index (κ2) is 10.0. The van der Waals surface area contributed by atoms with E-state index in [-0.39, 0.29) is 36.1 Å². The molecular formula is C23H27FN4O4. The van der Waals surface area contributed by atoms with Crippen molar-refractivity contribution in [2.75, 3.05) is 39.4 Å². The van der Waals surface area contributed by atoms with Crippen LogP contribution in [0.3, 0.4) is 0 Å². The normalized spacial score (nSPS) is 21.3. The highest BCUT2D eigenvalue weighted by molar-refractivity contribution is 5.92. The van der Waals surface area contributed by atoms with Crippen LogP contribution in [0.2, 0.25) is 0 Å². The highest BCUT2D eigenvalue weighted by Crippen LogP contribution is 2.27. The van der Waals surface area contributed by atoms with E-state index in [1.165, 1.54) is 12.1 Å². The van der Waals surface area contributed by atoms with Crippen molar-refractivity contribution in [3.05, 3.63) is 53.9 Å². The molecule has 32 heavy (non-hydrogen) atoms. The Labute approximate surface area is 186 Å². The number of amides is 2. The fourth-order valence-electron chi connectivity index (χ4n) is 4.14. The molecule has 4 rings (SSSR count). The molecule has 2 amide bonds. The van der Waals surface area contributed by atoms with Gasteiger partial charge in [-0.1, -0.05) is 0 Å². The summed E-state index contributed by atoms with van der Waals surface area (Å²) < 4.78 is 24.8. The maximum atomic E-state index is 13.3. The number of halogens is 1. The number of hydrogen-bond donors (Lipinski definition) is 0. The monoisotopic (exact) mass is 442 g/mol. The molecule has 2 atom stereocenters. The van der Waals surface area contributed by atoms with Crippen LogP contribution in [0.5, 0.6) is 5.75 Å². The van der Waals surface area contributed by atoms with Gasteiger partial charge in [0.25, 0.3) is 5.91 Å². The maximum Gasteiger partial charge on any atom is 0.272 e. The Balaban J connectivity index is 1.49. The SMILES string of the molecule is Cc1nccc(C(=O)N2CC[C@H](Oc3ccc(F)cc3)[C@@H](CC(=O)N3CCOCC3)C2)n1. The average molecular weight is 442 g/mol. The molecule has 0 spiro atoms. The van der Waals surface area contributed by atoms with Gasteiger partial charge in [-0.3, -0.25) is 9.59 Å². The van der Waals surface area contributed by atoms with Crippen molar-refractivity contribution in [3.8, 4) is 5.75 Å². The van der Waals surface area contributed by atoms with Crippen LogP contribution in [-0.4, -0.2) is 77.1 Å². The minimum absolute atomic E-state index is 0.0261. The predicted octanol–water partition coefficient (Wildman–Crippen LogP) is 2.08.